The molecule has 1 aromatic carbocycles. The van der Waals surface area contributed by atoms with Gasteiger partial charge < -0.3 is 14.5 Å². The Balaban J connectivity index is 1.41. The van der Waals surface area contributed by atoms with Crippen molar-refractivity contribution >= 4 is 5.91 Å². The number of carbonyl (C=O) groups is 1. The number of rotatable bonds is 3. The fraction of sp³-hybridized carbons (Fsp3) is 0.524. The Bertz CT molecular complexity index is 822. The summed E-state index contributed by atoms with van der Waals surface area (Å²) in [5, 5.41) is 2.90. The second-order valence-electron chi connectivity index (χ2n) is 7.73. The molecule has 0 radical (unpaired) electrons. The molecule has 2 aliphatic rings. The zero-order chi connectivity index (χ0) is 18.9. The maximum absolute atomic E-state index is 11.9. The third-order valence-corrected chi connectivity index (χ3v) is 5.61. The number of benzene rings is 1. The monoisotopic (exact) mass is 369 g/mol. The summed E-state index contributed by atoms with van der Waals surface area (Å²) in [6, 6.07) is 8.21. The second kappa shape index (κ2) is 7.44. The maximum Gasteiger partial charge on any atom is 0.226 e. The number of oxazole rings is 1. The van der Waals surface area contributed by atoms with E-state index in [0.29, 0.717) is 25.5 Å². The van der Waals surface area contributed by atoms with Gasteiger partial charge in [0.15, 0.2) is 0 Å². The topological polar surface area (TPSA) is 67.6 Å². The molecule has 6 nitrogen and oxygen atoms in total. The molecule has 1 N–H and O–H groups in total. The van der Waals surface area contributed by atoms with E-state index in [0.717, 1.165) is 49.5 Å². The van der Waals surface area contributed by atoms with Crippen LogP contribution in [0.4, 0.5) is 0 Å². The largest absolute Gasteiger partial charge is 0.441 e. The number of piperidine rings is 1. The molecular weight excluding hydrogens is 342 g/mol. The predicted octanol–water partition coefficient (Wildman–Crippen LogP) is 2.83. The molecule has 1 aromatic heterocycles. The molecule has 0 saturated carbocycles. The number of ether oxygens (including phenoxy) is 1. The van der Waals surface area contributed by atoms with Gasteiger partial charge in [0.1, 0.15) is 5.76 Å². The van der Waals surface area contributed by atoms with E-state index in [1.165, 1.54) is 5.56 Å². The number of hydrogen-bond donors (Lipinski definition) is 1. The molecule has 0 unspecified atom stereocenters. The molecule has 3 heterocycles. The van der Waals surface area contributed by atoms with Crippen LogP contribution in [0.3, 0.4) is 0 Å². The van der Waals surface area contributed by atoms with Gasteiger partial charge in [-0.05, 0) is 38.8 Å². The summed E-state index contributed by atoms with van der Waals surface area (Å²) >= 11 is 0. The van der Waals surface area contributed by atoms with Crippen molar-refractivity contribution in [3.63, 3.8) is 0 Å². The number of carbonyl (C=O) groups excluding carboxylic acids is 1. The predicted molar refractivity (Wildman–Crippen MR) is 102 cm³/mol. The van der Waals surface area contributed by atoms with Gasteiger partial charge in [-0.2, -0.15) is 0 Å². The van der Waals surface area contributed by atoms with Crippen LogP contribution < -0.4 is 5.32 Å². The Morgan fingerprint density at radius 2 is 2.07 bits per heavy atom. The van der Waals surface area contributed by atoms with E-state index in [-0.39, 0.29) is 11.5 Å². The van der Waals surface area contributed by atoms with E-state index in [2.05, 4.69) is 29.3 Å². The number of likely N-dealkylation sites (tertiary alicyclic amines) is 1. The Morgan fingerprint density at radius 3 is 2.85 bits per heavy atom. The van der Waals surface area contributed by atoms with Crippen LogP contribution in [0, 0.1) is 13.8 Å². The molecule has 6 heteroatoms. The van der Waals surface area contributed by atoms with Crippen LogP contribution in [0.1, 0.15) is 36.3 Å². The van der Waals surface area contributed by atoms with Crippen LogP contribution in [0.25, 0.3) is 11.5 Å². The third-order valence-electron chi connectivity index (χ3n) is 5.61. The fourth-order valence-electron chi connectivity index (χ4n) is 3.99. The lowest BCUT2D eigenvalue weighted by Crippen LogP contribution is -2.46. The highest BCUT2D eigenvalue weighted by molar-refractivity contribution is 5.77. The molecule has 1 spiro atoms. The standard InChI is InChI=1S/C21H27N3O3/c1-15-4-3-5-17(12-15)20-23-18(16(2)27-20)14-24-9-6-21(7-10-24)13-19(25)22-8-11-26-21/h3-5,12H,6-11,13-14H2,1-2H3,(H,22,25). The lowest BCUT2D eigenvalue weighted by Gasteiger charge is -2.40. The van der Waals surface area contributed by atoms with Crippen LogP contribution in [-0.2, 0) is 16.1 Å². The first-order valence-electron chi connectivity index (χ1n) is 9.69. The molecule has 144 valence electrons. The van der Waals surface area contributed by atoms with Crippen molar-refractivity contribution in [1.82, 2.24) is 15.2 Å². The number of aryl methyl sites for hydroxylation is 2. The van der Waals surface area contributed by atoms with Crippen LogP contribution >= 0.6 is 0 Å². The normalized spacial score (nSPS) is 20.4. The zero-order valence-electron chi connectivity index (χ0n) is 16.1. The van der Waals surface area contributed by atoms with E-state index in [1.54, 1.807) is 0 Å². The van der Waals surface area contributed by atoms with E-state index < -0.39 is 0 Å². The first-order valence-corrected chi connectivity index (χ1v) is 9.69. The lowest BCUT2D eigenvalue weighted by atomic mass is 9.87. The van der Waals surface area contributed by atoms with E-state index >= 15 is 0 Å². The van der Waals surface area contributed by atoms with Gasteiger partial charge in [0.2, 0.25) is 11.8 Å². The van der Waals surface area contributed by atoms with Gasteiger partial charge in [-0.25, -0.2) is 4.98 Å². The van der Waals surface area contributed by atoms with Crippen molar-refractivity contribution in [2.45, 2.75) is 45.3 Å². The molecule has 0 aliphatic carbocycles. The summed E-state index contributed by atoms with van der Waals surface area (Å²) < 4.78 is 12.0. The average Bonchev–Trinajstić information content (AvgIpc) is 2.91. The Kier molecular flexibility index (Phi) is 5.02. The molecule has 0 bridgehead atoms. The number of nitrogens with one attached hydrogen (secondary N) is 1. The van der Waals surface area contributed by atoms with Gasteiger partial charge in [0.05, 0.1) is 24.3 Å². The minimum absolute atomic E-state index is 0.107. The minimum Gasteiger partial charge on any atom is -0.441 e. The summed E-state index contributed by atoms with van der Waals surface area (Å²) in [7, 11) is 0. The van der Waals surface area contributed by atoms with Crippen molar-refractivity contribution in [3.05, 3.63) is 41.3 Å². The number of amides is 1. The summed E-state index contributed by atoms with van der Waals surface area (Å²) in [4.78, 5) is 19.0. The highest BCUT2D eigenvalue weighted by Crippen LogP contribution is 2.32. The first-order chi connectivity index (χ1) is 13.0. The Morgan fingerprint density at radius 1 is 1.26 bits per heavy atom. The number of nitrogens with zero attached hydrogens (tertiary/aromatic N) is 2. The van der Waals surface area contributed by atoms with Gasteiger partial charge in [-0.15, -0.1) is 0 Å². The number of aromatic nitrogens is 1. The van der Waals surface area contributed by atoms with Gasteiger partial charge in [0, 0.05) is 31.7 Å². The highest BCUT2D eigenvalue weighted by atomic mass is 16.5. The summed E-state index contributed by atoms with van der Waals surface area (Å²) in [6.07, 6.45) is 2.23. The highest BCUT2D eigenvalue weighted by Gasteiger charge is 2.39. The quantitative estimate of drug-likeness (QED) is 0.901. The minimum atomic E-state index is -0.289. The van der Waals surface area contributed by atoms with Crippen LogP contribution in [-0.4, -0.2) is 47.6 Å². The van der Waals surface area contributed by atoms with E-state index in [1.807, 2.05) is 19.1 Å². The third kappa shape index (κ3) is 4.06. The smallest absolute Gasteiger partial charge is 0.226 e. The maximum atomic E-state index is 11.9. The Labute approximate surface area is 159 Å². The Hall–Kier alpha value is -2.18. The molecule has 4 rings (SSSR count). The first kappa shape index (κ1) is 18.2. The van der Waals surface area contributed by atoms with Crippen LogP contribution in [0.5, 0.6) is 0 Å². The summed E-state index contributed by atoms with van der Waals surface area (Å²) in [5.41, 5.74) is 2.91. The van der Waals surface area contributed by atoms with Crippen molar-refractivity contribution in [2.75, 3.05) is 26.2 Å². The molecule has 2 saturated heterocycles. The van der Waals surface area contributed by atoms with Crippen molar-refractivity contribution in [3.8, 4) is 11.5 Å². The zero-order valence-corrected chi connectivity index (χ0v) is 16.1. The van der Waals surface area contributed by atoms with Gasteiger partial charge in [-0.1, -0.05) is 17.7 Å². The summed E-state index contributed by atoms with van der Waals surface area (Å²) in [6.45, 7) is 7.84. The lowest BCUT2D eigenvalue weighted by molar-refractivity contribution is -0.128. The van der Waals surface area contributed by atoms with Gasteiger partial charge in [0.25, 0.3) is 0 Å². The molecule has 27 heavy (non-hydrogen) atoms. The number of hydrogen-bond acceptors (Lipinski definition) is 5. The molecule has 2 aliphatic heterocycles. The average molecular weight is 369 g/mol. The van der Waals surface area contributed by atoms with Crippen LogP contribution in [0.2, 0.25) is 0 Å². The summed E-state index contributed by atoms with van der Waals surface area (Å²) in [5.74, 6) is 1.66. The van der Waals surface area contributed by atoms with Gasteiger partial charge in [-0.3, -0.25) is 9.69 Å². The van der Waals surface area contributed by atoms with Crippen molar-refractivity contribution in [2.24, 2.45) is 0 Å². The molecule has 0 atom stereocenters. The molecule has 1 amide bonds. The van der Waals surface area contributed by atoms with Crippen molar-refractivity contribution in [1.29, 1.82) is 0 Å². The van der Waals surface area contributed by atoms with Gasteiger partial charge >= 0.3 is 0 Å². The SMILES string of the molecule is Cc1cccc(-c2nc(CN3CCC4(CC3)CC(=O)NCCO4)c(C)o2)c1. The molecular formula is C21H27N3O3. The fourth-order valence-corrected chi connectivity index (χ4v) is 3.99. The van der Waals surface area contributed by atoms with Crippen LogP contribution in [0.15, 0.2) is 28.7 Å². The van der Waals surface area contributed by atoms with Crippen molar-refractivity contribution < 1.29 is 13.9 Å². The second-order valence-corrected chi connectivity index (χ2v) is 7.73. The van der Waals surface area contributed by atoms with E-state index in [9.17, 15) is 4.79 Å². The molecule has 2 fully saturated rings. The van der Waals surface area contributed by atoms with E-state index in [4.69, 9.17) is 14.1 Å². The molecule has 2 aromatic rings.